The van der Waals surface area contributed by atoms with E-state index in [2.05, 4.69) is 41.0 Å². The minimum Gasteiger partial charge on any atom is -0.369 e. The number of amides is 2. The normalized spacial score (nSPS) is 25.6. The summed E-state index contributed by atoms with van der Waals surface area (Å²) in [6.45, 7) is 5.01. The van der Waals surface area contributed by atoms with Crippen LogP contribution < -0.4 is 4.90 Å². The maximum Gasteiger partial charge on any atom is 0.320 e. The molecule has 2 aromatic rings. The molecule has 0 bridgehead atoms. The van der Waals surface area contributed by atoms with Crippen LogP contribution in [0.15, 0.2) is 24.5 Å². The Labute approximate surface area is 159 Å². The lowest BCUT2D eigenvalue weighted by Gasteiger charge is -2.43. The van der Waals surface area contributed by atoms with Crippen molar-refractivity contribution in [2.24, 2.45) is 11.8 Å². The first-order chi connectivity index (χ1) is 13.1. The van der Waals surface area contributed by atoms with Crippen molar-refractivity contribution in [1.29, 1.82) is 5.26 Å². The van der Waals surface area contributed by atoms with Gasteiger partial charge in [-0.3, -0.25) is 0 Å². The molecule has 0 unspecified atom stereocenters. The Balaban J connectivity index is 1.51. The van der Waals surface area contributed by atoms with Gasteiger partial charge in [0.25, 0.3) is 0 Å². The molecule has 7 heteroatoms. The minimum atomic E-state index is -0.0187. The first kappa shape index (κ1) is 17.7. The van der Waals surface area contributed by atoms with Crippen LogP contribution in [0.1, 0.15) is 19.8 Å². The average molecular weight is 366 g/mol. The number of anilines is 1. The van der Waals surface area contributed by atoms with Crippen molar-refractivity contribution in [2.45, 2.75) is 25.8 Å². The summed E-state index contributed by atoms with van der Waals surface area (Å²) in [5, 5.41) is 10.2. The molecular formula is C20H26N6O. The lowest BCUT2D eigenvalue weighted by atomic mass is 9.92. The number of H-pyrrole nitrogens is 1. The highest BCUT2D eigenvalue weighted by molar-refractivity contribution is 5.89. The third-order valence-electron chi connectivity index (χ3n) is 6.15. The van der Waals surface area contributed by atoms with Crippen LogP contribution >= 0.6 is 0 Å². The maximum atomic E-state index is 13.0. The zero-order valence-electron chi connectivity index (χ0n) is 15.9. The molecule has 0 saturated carbocycles. The Morgan fingerprint density at radius 1 is 1.30 bits per heavy atom. The van der Waals surface area contributed by atoms with E-state index in [1.54, 1.807) is 0 Å². The Hall–Kier alpha value is -2.75. The van der Waals surface area contributed by atoms with Crippen molar-refractivity contribution in [3.05, 3.63) is 24.5 Å². The van der Waals surface area contributed by atoms with Gasteiger partial charge in [-0.15, -0.1) is 0 Å². The smallest absolute Gasteiger partial charge is 0.320 e. The van der Waals surface area contributed by atoms with Gasteiger partial charge in [0, 0.05) is 62.7 Å². The zero-order valence-corrected chi connectivity index (χ0v) is 15.9. The van der Waals surface area contributed by atoms with Crippen LogP contribution in [0.5, 0.6) is 0 Å². The SMILES string of the molecule is C[C@@H]1CCN(C(=O)N2CC[C@@H](C#N)C2)C[C@@H]1N(C)c1ccnc2[nH]ccc12. The van der Waals surface area contributed by atoms with Gasteiger partial charge in [0.05, 0.1) is 12.0 Å². The number of hydrogen-bond acceptors (Lipinski definition) is 4. The van der Waals surface area contributed by atoms with Crippen LogP contribution in [0.25, 0.3) is 11.0 Å². The number of piperidine rings is 1. The fraction of sp³-hybridized carbons (Fsp3) is 0.550. The predicted molar refractivity (Wildman–Crippen MR) is 104 cm³/mol. The molecule has 0 aromatic carbocycles. The summed E-state index contributed by atoms with van der Waals surface area (Å²) in [6.07, 6.45) is 5.51. The van der Waals surface area contributed by atoms with Gasteiger partial charge in [-0.1, -0.05) is 6.92 Å². The highest BCUT2D eigenvalue weighted by atomic mass is 16.2. The Bertz CT molecular complexity index is 871. The topological polar surface area (TPSA) is 79.3 Å². The van der Waals surface area contributed by atoms with E-state index in [1.807, 2.05) is 28.3 Å². The molecule has 2 fully saturated rings. The molecule has 3 atom stereocenters. The second kappa shape index (κ2) is 7.10. The molecule has 0 aliphatic carbocycles. The van der Waals surface area contributed by atoms with Crippen molar-refractivity contribution >= 4 is 22.8 Å². The summed E-state index contributed by atoms with van der Waals surface area (Å²) in [5.41, 5.74) is 2.02. The number of likely N-dealkylation sites (N-methyl/N-ethyl adjacent to an activating group) is 1. The van der Waals surface area contributed by atoms with Gasteiger partial charge >= 0.3 is 6.03 Å². The van der Waals surface area contributed by atoms with Gasteiger partial charge in [0.15, 0.2) is 0 Å². The lowest BCUT2D eigenvalue weighted by molar-refractivity contribution is 0.132. The third kappa shape index (κ3) is 3.20. The first-order valence-corrected chi connectivity index (χ1v) is 9.67. The number of aromatic amines is 1. The van der Waals surface area contributed by atoms with Crippen molar-refractivity contribution in [1.82, 2.24) is 19.8 Å². The van der Waals surface area contributed by atoms with Crippen LogP contribution in [0.3, 0.4) is 0 Å². The Morgan fingerprint density at radius 3 is 2.85 bits per heavy atom. The van der Waals surface area contributed by atoms with Gasteiger partial charge in [0.2, 0.25) is 0 Å². The number of rotatable bonds is 2. The van der Waals surface area contributed by atoms with Gasteiger partial charge in [0.1, 0.15) is 5.65 Å². The molecule has 2 saturated heterocycles. The van der Waals surface area contributed by atoms with Crippen LogP contribution in [0.2, 0.25) is 0 Å². The number of urea groups is 1. The van der Waals surface area contributed by atoms with Gasteiger partial charge < -0.3 is 19.7 Å². The molecule has 2 amide bonds. The van der Waals surface area contributed by atoms with Crippen LogP contribution in [-0.4, -0.2) is 65.1 Å². The molecule has 1 N–H and O–H groups in total. The van der Waals surface area contributed by atoms with E-state index in [1.165, 1.54) is 0 Å². The van der Waals surface area contributed by atoms with Crippen LogP contribution in [-0.2, 0) is 0 Å². The monoisotopic (exact) mass is 366 g/mol. The number of pyridine rings is 1. The highest BCUT2D eigenvalue weighted by Crippen LogP contribution is 2.31. The van der Waals surface area contributed by atoms with Crippen molar-refractivity contribution < 1.29 is 4.79 Å². The Kier molecular flexibility index (Phi) is 4.65. The number of nitriles is 1. The second-order valence-electron chi connectivity index (χ2n) is 7.80. The fourth-order valence-electron chi connectivity index (χ4n) is 4.40. The molecule has 2 aliphatic heterocycles. The molecule has 0 spiro atoms. The maximum absolute atomic E-state index is 13.0. The number of nitrogens with one attached hydrogen (secondary N) is 1. The molecule has 2 aliphatic rings. The zero-order chi connectivity index (χ0) is 19.0. The van der Waals surface area contributed by atoms with E-state index in [0.29, 0.717) is 25.6 Å². The summed E-state index contributed by atoms with van der Waals surface area (Å²) >= 11 is 0. The number of fused-ring (bicyclic) bond motifs is 1. The number of aromatic nitrogens is 2. The molecule has 27 heavy (non-hydrogen) atoms. The van der Waals surface area contributed by atoms with E-state index in [9.17, 15) is 4.79 Å². The molecule has 2 aromatic heterocycles. The van der Waals surface area contributed by atoms with Gasteiger partial charge in [-0.25, -0.2) is 9.78 Å². The predicted octanol–water partition coefficient (Wildman–Crippen LogP) is 2.67. The lowest BCUT2D eigenvalue weighted by Crippen LogP contribution is -2.55. The molecular weight excluding hydrogens is 340 g/mol. The molecule has 142 valence electrons. The quantitative estimate of drug-likeness (QED) is 0.886. The van der Waals surface area contributed by atoms with E-state index in [0.717, 1.165) is 36.1 Å². The third-order valence-corrected chi connectivity index (χ3v) is 6.15. The van der Waals surface area contributed by atoms with E-state index in [-0.39, 0.29) is 18.0 Å². The number of carbonyl (C=O) groups excluding carboxylic acids is 1. The van der Waals surface area contributed by atoms with Crippen molar-refractivity contribution in [3.8, 4) is 6.07 Å². The highest BCUT2D eigenvalue weighted by Gasteiger charge is 2.36. The van der Waals surface area contributed by atoms with E-state index < -0.39 is 0 Å². The molecule has 7 nitrogen and oxygen atoms in total. The molecule has 0 radical (unpaired) electrons. The number of nitrogens with zero attached hydrogens (tertiary/aromatic N) is 5. The fourth-order valence-corrected chi connectivity index (χ4v) is 4.40. The summed E-state index contributed by atoms with van der Waals surface area (Å²) in [6, 6.07) is 6.72. The number of hydrogen-bond donors (Lipinski definition) is 1. The minimum absolute atomic E-state index is 0.0187. The molecule has 4 heterocycles. The number of likely N-dealkylation sites (tertiary alicyclic amines) is 2. The summed E-state index contributed by atoms with van der Waals surface area (Å²) in [4.78, 5) is 26.6. The summed E-state index contributed by atoms with van der Waals surface area (Å²) in [5.74, 6) is 0.474. The summed E-state index contributed by atoms with van der Waals surface area (Å²) < 4.78 is 0. The van der Waals surface area contributed by atoms with Gasteiger partial charge in [-0.2, -0.15) is 5.26 Å². The first-order valence-electron chi connectivity index (χ1n) is 9.67. The second-order valence-corrected chi connectivity index (χ2v) is 7.80. The molecule has 4 rings (SSSR count). The van der Waals surface area contributed by atoms with Crippen LogP contribution in [0, 0.1) is 23.2 Å². The standard InChI is InChI=1S/C20H26N6O/c1-14-5-9-26(20(27)25-10-6-15(11-21)12-25)13-18(14)24(2)17-4-8-23-19-16(17)3-7-22-19/h3-4,7-8,14-15,18H,5-6,9-10,12-13H2,1-2H3,(H,22,23)/t14-,15+,18+/m1/s1. The average Bonchev–Trinajstić information content (AvgIpc) is 3.36. The van der Waals surface area contributed by atoms with Crippen molar-refractivity contribution in [3.63, 3.8) is 0 Å². The van der Waals surface area contributed by atoms with E-state index in [4.69, 9.17) is 5.26 Å². The Morgan fingerprint density at radius 2 is 2.07 bits per heavy atom. The van der Waals surface area contributed by atoms with E-state index >= 15 is 0 Å². The number of carbonyl (C=O) groups is 1. The van der Waals surface area contributed by atoms with Crippen molar-refractivity contribution in [2.75, 3.05) is 38.1 Å². The summed E-state index contributed by atoms with van der Waals surface area (Å²) in [7, 11) is 2.11. The van der Waals surface area contributed by atoms with Crippen LogP contribution in [0.4, 0.5) is 10.5 Å². The largest absolute Gasteiger partial charge is 0.369 e. The van der Waals surface area contributed by atoms with Gasteiger partial charge in [-0.05, 0) is 30.9 Å².